The molecule has 0 spiro atoms. The highest BCUT2D eigenvalue weighted by atomic mass is 16.5. The molecular weight excluding hydrogens is 250 g/mol. The molecule has 0 aliphatic heterocycles. The third kappa shape index (κ3) is 2.81. The summed E-state index contributed by atoms with van der Waals surface area (Å²) in [5.74, 6) is 1.12. The smallest absolute Gasteiger partial charge is 0.133 e. The predicted molar refractivity (Wildman–Crippen MR) is 81.0 cm³/mol. The van der Waals surface area contributed by atoms with Gasteiger partial charge in [-0.3, -0.25) is 0 Å². The summed E-state index contributed by atoms with van der Waals surface area (Å²) in [6, 6.07) is 2.95. The molecule has 0 unspecified atom stereocenters. The highest BCUT2D eigenvalue weighted by molar-refractivity contribution is 5.52. The molecule has 2 aliphatic rings. The third-order valence-electron chi connectivity index (χ3n) is 4.37. The minimum absolute atomic E-state index is 0.575. The van der Waals surface area contributed by atoms with E-state index in [0.29, 0.717) is 12.6 Å². The molecule has 4 nitrogen and oxygen atoms in total. The van der Waals surface area contributed by atoms with Crippen LogP contribution in [0.3, 0.4) is 0 Å². The second-order valence-electron chi connectivity index (χ2n) is 5.91. The van der Waals surface area contributed by atoms with Gasteiger partial charge in [-0.1, -0.05) is 0 Å². The first-order chi connectivity index (χ1) is 9.83. The number of hydrogen-bond donors (Lipinski definition) is 1. The number of hydrogen-bond acceptors (Lipinski definition) is 4. The van der Waals surface area contributed by atoms with Crippen LogP contribution in [0.2, 0.25) is 0 Å². The molecule has 1 saturated carbocycles. The number of nitrogens with zero attached hydrogens (tertiary/aromatic N) is 2. The zero-order valence-electron chi connectivity index (χ0n) is 12.4. The van der Waals surface area contributed by atoms with E-state index in [1.165, 1.54) is 42.5 Å². The summed E-state index contributed by atoms with van der Waals surface area (Å²) < 4.78 is 5.26. The van der Waals surface area contributed by atoms with Crippen LogP contribution in [-0.4, -0.2) is 31.3 Å². The van der Waals surface area contributed by atoms with Gasteiger partial charge >= 0.3 is 0 Å². The molecule has 110 valence electrons. The van der Waals surface area contributed by atoms with Crippen molar-refractivity contribution in [2.45, 2.75) is 51.1 Å². The van der Waals surface area contributed by atoms with Crippen molar-refractivity contribution in [1.82, 2.24) is 4.98 Å². The molecule has 0 aromatic carbocycles. The SMILES string of the molecule is COCCN(c1nc2c(cc1CN)CCCC2)C1CC1. The molecule has 0 bridgehead atoms. The molecule has 4 heteroatoms. The number of anilines is 1. The Morgan fingerprint density at radius 2 is 2.15 bits per heavy atom. The zero-order valence-corrected chi connectivity index (χ0v) is 12.4. The lowest BCUT2D eigenvalue weighted by atomic mass is 9.94. The van der Waals surface area contributed by atoms with Crippen molar-refractivity contribution in [2.24, 2.45) is 5.73 Å². The third-order valence-corrected chi connectivity index (χ3v) is 4.37. The fraction of sp³-hybridized carbons (Fsp3) is 0.688. The van der Waals surface area contributed by atoms with Gasteiger partial charge in [0.25, 0.3) is 0 Å². The van der Waals surface area contributed by atoms with Crippen molar-refractivity contribution in [3.05, 3.63) is 22.9 Å². The molecule has 1 aromatic rings. The summed E-state index contributed by atoms with van der Waals surface area (Å²) in [7, 11) is 1.76. The molecular formula is C16H25N3O. The molecule has 2 aliphatic carbocycles. The van der Waals surface area contributed by atoms with Crippen LogP contribution in [0.4, 0.5) is 5.82 Å². The molecule has 20 heavy (non-hydrogen) atoms. The van der Waals surface area contributed by atoms with Crippen LogP contribution >= 0.6 is 0 Å². The maximum atomic E-state index is 5.97. The van der Waals surface area contributed by atoms with Gasteiger partial charge in [-0.25, -0.2) is 4.98 Å². The lowest BCUT2D eigenvalue weighted by Crippen LogP contribution is -2.32. The predicted octanol–water partition coefficient (Wildman–Crippen LogP) is 2.03. The van der Waals surface area contributed by atoms with Crippen molar-refractivity contribution in [2.75, 3.05) is 25.2 Å². The van der Waals surface area contributed by atoms with E-state index in [1.807, 2.05) is 0 Å². The Morgan fingerprint density at radius 3 is 2.85 bits per heavy atom. The Labute approximate surface area is 121 Å². The van der Waals surface area contributed by atoms with E-state index in [4.69, 9.17) is 15.5 Å². The molecule has 0 atom stereocenters. The Kier molecular flexibility index (Phi) is 4.22. The Balaban J connectivity index is 1.92. The number of ether oxygens (including phenoxy) is 1. The maximum absolute atomic E-state index is 5.97. The largest absolute Gasteiger partial charge is 0.383 e. The van der Waals surface area contributed by atoms with Gasteiger partial charge in [0.1, 0.15) is 5.82 Å². The van der Waals surface area contributed by atoms with Crippen LogP contribution in [0.1, 0.15) is 42.5 Å². The van der Waals surface area contributed by atoms with E-state index in [1.54, 1.807) is 7.11 Å². The monoisotopic (exact) mass is 275 g/mol. The van der Waals surface area contributed by atoms with Crippen molar-refractivity contribution >= 4 is 5.82 Å². The van der Waals surface area contributed by atoms with E-state index in [9.17, 15) is 0 Å². The fourth-order valence-corrected chi connectivity index (χ4v) is 3.11. The van der Waals surface area contributed by atoms with Crippen LogP contribution in [-0.2, 0) is 24.1 Å². The molecule has 3 rings (SSSR count). The van der Waals surface area contributed by atoms with E-state index in [0.717, 1.165) is 31.8 Å². The summed E-state index contributed by atoms with van der Waals surface area (Å²) in [5.41, 5.74) is 9.89. The minimum Gasteiger partial charge on any atom is -0.383 e. The molecule has 0 saturated heterocycles. The van der Waals surface area contributed by atoms with Gasteiger partial charge in [0, 0.05) is 37.5 Å². The normalized spacial score (nSPS) is 17.9. The molecule has 1 aromatic heterocycles. The summed E-state index contributed by atoms with van der Waals surface area (Å²) >= 11 is 0. The average Bonchev–Trinajstić information content (AvgIpc) is 3.31. The van der Waals surface area contributed by atoms with Gasteiger partial charge < -0.3 is 15.4 Å². The lowest BCUT2D eigenvalue weighted by molar-refractivity contribution is 0.204. The van der Waals surface area contributed by atoms with Gasteiger partial charge in [-0.05, 0) is 50.2 Å². The van der Waals surface area contributed by atoms with Gasteiger partial charge in [0.15, 0.2) is 0 Å². The van der Waals surface area contributed by atoms with Crippen molar-refractivity contribution < 1.29 is 4.74 Å². The van der Waals surface area contributed by atoms with Gasteiger partial charge in [0.2, 0.25) is 0 Å². The number of rotatable bonds is 6. The zero-order chi connectivity index (χ0) is 13.9. The van der Waals surface area contributed by atoms with E-state index >= 15 is 0 Å². The molecule has 1 fully saturated rings. The van der Waals surface area contributed by atoms with Gasteiger partial charge in [-0.2, -0.15) is 0 Å². The number of nitrogens with two attached hydrogens (primary N) is 1. The Bertz CT molecular complexity index is 471. The summed E-state index contributed by atoms with van der Waals surface area (Å²) in [4.78, 5) is 7.41. The molecule has 2 N–H and O–H groups in total. The summed E-state index contributed by atoms with van der Waals surface area (Å²) in [6.45, 7) is 2.24. The number of fused-ring (bicyclic) bond motifs is 1. The Morgan fingerprint density at radius 1 is 1.35 bits per heavy atom. The average molecular weight is 275 g/mol. The minimum atomic E-state index is 0.575. The first kappa shape index (κ1) is 13.8. The van der Waals surface area contributed by atoms with Crippen molar-refractivity contribution in [3.8, 4) is 0 Å². The van der Waals surface area contributed by atoms with Crippen LogP contribution in [0.5, 0.6) is 0 Å². The topological polar surface area (TPSA) is 51.4 Å². The standard InChI is InChI=1S/C16H25N3O/c1-20-9-8-19(14-6-7-14)16-13(11-17)10-12-4-2-3-5-15(12)18-16/h10,14H,2-9,11,17H2,1H3. The molecule has 0 radical (unpaired) electrons. The lowest BCUT2D eigenvalue weighted by Gasteiger charge is -2.28. The van der Waals surface area contributed by atoms with E-state index in [-0.39, 0.29) is 0 Å². The number of pyridine rings is 1. The van der Waals surface area contributed by atoms with E-state index < -0.39 is 0 Å². The Hall–Kier alpha value is -1.13. The second kappa shape index (κ2) is 6.10. The first-order valence-corrected chi connectivity index (χ1v) is 7.80. The summed E-state index contributed by atoms with van der Waals surface area (Å²) in [5, 5.41) is 0. The number of aryl methyl sites for hydroxylation is 2. The number of methoxy groups -OCH3 is 1. The highest BCUT2D eigenvalue weighted by Gasteiger charge is 2.31. The summed E-state index contributed by atoms with van der Waals surface area (Å²) in [6.07, 6.45) is 7.38. The first-order valence-electron chi connectivity index (χ1n) is 7.80. The second-order valence-corrected chi connectivity index (χ2v) is 5.91. The van der Waals surface area contributed by atoms with Crippen LogP contribution < -0.4 is 10.6 Å². The maximum Gasteiger partial charge on any atom is 0.133 e. The van der Waals surface area contributed by atoms with Crippen LogP contribution in [0.25, 0.3) is 0 Å². The van der Waals surface area contributed by atoms with Crippen molar-refractivity contribution in [1.29, 1.82) is 0 Å². The molecule has 1 heterocycles. The fourth-order valence-electron chi connectivity index (χ4n) is 3.11. The van der Waals surface area contributed by atoms with Crippen LogP contribution in [0.15, 0.2) is 6.07 Å². The van der Waals surface area contributed by atoms with Crippen molar-refractivity contribution in [3.63, 3.8) is 0 Å². The molecule has 0 amide bonds. The van der Waals surface area contributed by atoms with Gasteiger partial charge in [-0.15, -0.1) is 0 Å². The number of aromatic nitrogens is 1. The van der Waals surface area contributed by atoms with Crippen LogP contribution in [0, 0.1) is 0 Å². The quantitative estimate of drug-likeness (QED) is 0.863. The highest BCUT2D eigenvalue weighted by Crippen LogP contribution is 2.34. The van der Waals surface area contributed by atoms with Gasteiger partial charge in [0.05, 0.1) is 6.61 Å². The van der Waals surface area contributed by atoms with E-state index in [2.05, 4.69) is 11.0 Å².